The normalized spacial score (nSPS) is 13.2. The van der Waals surface area contributed by atoms with Crippen LogP contribution in [0.4, 0.5) is 5.69 Å². The van der Waals surface area contributed by atoms with Crippen LogP contribution < -0.4 is 9.62 Å². The molecule has 0 unspecified atom stereocenters. The highest BCUT2D eigenvalue weighted by molar-refractivity contribution is 7.92. The molecule has 180 valence electrons. The van der Waals surface area contributed by atoms with Crippen molar-refractivity contribution in [2.45, 2.75) is 45.8 Å². The van der Waals surface area contributed by atoms with E-state index in [1.807, 2.05) is 13.8 Å². The van der Waals surface area contributed by atoms with Gasteiger partial charge in [-0.1, -0.05) is 54.4 Å². The molecule has 7 nitrogen and oxygen atoms in total. The van der Waals surface area contributed by atoms with E-state index in [1.165, 1.54) is 4.90 Å². The van der Waals surface area contributed by atoms with E-state index in [-0.39, 0.29) is 18.5 Å². The Kier molecular flexibility index (Phi) is 9.57. The lowest BCUT2D eigenvalue weighted by molar-refractivity contribution is -0.139. The first-order valence-electron chi connectivity index (χ1n) is 10.5. The summed E-state index contributed by atoms with van der Waals surface area (Å²) >= 11 is 12.1. The Morgan fingerprint density at radius 1 is 1.03 bits per heavy atom. The zero-order valence-electron chi connectivity index (χ0n) is 19.1. The van der Waals surface area contributed by atoms with E-state index in [4.69, 9.17) is 23.2 Å². The highest BCUT2D eigenvalue weighted by Crippen LogP contribution is 2.24. The molecule has 0 spiro atoms. The summed E-state index contributed by atoms with van der Waals surface area (Å²) in [6.45, 7) is 5.03. The lowest BCUT2D eigenvalue weighted by Crippen LogP contribution is -2.52. The van der Waals surface area contributed by atoms with Crippen molar-refractivity contribution in [2.24, 2.45) is 0 Å². The molecule has 0 saturated heterocycles. The van der Waals surface area contributed by atoms with Gasteiger partial charge < -0.3 is 10.2 Å². The van der Waals surface area contributed by atoms with Crippen LogP contribution in [0.3, 0.4) is 0 Å². The molecule has 2 rings (SSSR count). The van der Waals surface area contributed by atoms with Gasteiger partial charge in [-0.3, -0.25) is 13.9 Å². The molecule has 0 aliphatic rings. The van der Waals surface area contributed by atoms with E-state index >= 15 is 0 Å². The number of carbonyl (C=O) groups excluding carboxylic acids is 2. The number of nitrogens with one attached hydrogen (secondary N) is 1. The average molecular weight is 514 g/mol. The number of benzene rings is 2. The van der Waals surface area contributed by atoms with Crippen LogP contribution in [0.25, 0.3) is 0 Å². The summed E-state index contributed by atoms with van der Waals surface area (Å²) in [7, 11) is -3.75. The number of amides is 2. The number of hydrogen-bond acceptors (Lipinski definition) is 4. The number of nitrogens with zero attached hydrogens (tertiary/aromatic N) is 2. The summed E-state index contributed by atoms with van der Waals surface area (Å²) < 4.78 is 25.9. The van der Waals surface area contributed by atoms with Crippen molar-refractivity contribution >= 4 is 50.7 Å². The SMILES string of the molecule is CC[C@H](C)NC(=O)[C@H](C)N(Cc1ccc(Cl)c(Cl)c1)C(=O)CN(c1ccccc1)S(C)(=O)=O. The molecule has 0 saturated carbocycles. The number of halogens is 2. The van der Waals surface area contributed by atoms with E-state index in [1.54, 1.807) is 55.5 Å². The topological polar surface area (TPSA) is 86.8 Å². The van der Waals surface area contributed by atoms with Crippen molar-refractivity contribution < 1.29 is 18.0 Å². The first kappa shape index (κ1) is 27.0. The van der Waals surface area contributed by atoms with Gasteiger partial charge in [-0.25, -0.2) is 8.42 Å². The van der Waals surface area contributed by atoms with Gasteiger partial charge in [0.25, 0.3) is 0 Å². The van der Waals surface area contributed by atoms with Gasteiger partial charge in [0.05, 0.1) is 22.0 Å². The Morgan fingerprint density at radius 2 is 1.67 bits per heavy atom. The van der Waals surface area contributed by atoms with Crippen LogP contribution in [0.15, 0.2) is 48.5 Å². The largest absolute Gasteiger partial charge is 0.352 e. The van der Waals surface area contributed by atoms with Crippen molar-refractivity contribution in [1.29, 1.82) is 0 Å². The summed E-state index contributed by atoms with van der Waals surface area (Å²) in [5, 5.41) is 3.56. The Balaban J connectivity index is 2.38. The highest BCUT2D eigenvalue weighted by Gasteiger charge is 2.30. The molecule has 10 heteroatoms. The predicted molar refractivity (Wildman–Crippen MR) is 133 cm³/mol. The second-order valence-corrected chi connectivity index (χ2v) is 10.6. The van der Waals surface area contributed by atoms with Gasteiger partial charge in [-0.05, 0) is 50.1 Å². The summed E-state index contributed by atoms with van der Waals surface area (Å²) in [5.74, 6) is -0.856. The van der Waals surface area contributed by atoms with Gasteiger partial charge in [-0.2, -0.15) is 0 Å². The fourth-order valence-electron chi connectivity index (χ4n) is 3.09. The van der Waals surface area contributed by atoms with E-state index in [2.05, 4.69) is 5.32 Å². The zero-order chi connectivity index (χ0) is 24.8. The number of para-hydroxylation sites is 1. The zero-order valence-corrected chi connectivity index (χ0v) is 21.4. The Morgan fingerprint density at radius 3 is 2.21 bits per heavy atom. The number of rotatable bonds is 10. The van der Waals surface area contributed by atoms with Crippen LogP contribution in [-0.4, -0.2) is 50.0 Å². The summed E-state index contributed by atoms with van der Waals surface area (Å²) in [4.78, 5) is 27.6. The van der Waals surface area contributed by atoms with E-state index in [0.29, 0.717) is 21.3 Å². The molecule has 0 fully saturated rings. The third kappa shape index (κ3) is 7.62. The van der Waals surface area contributed by atoms with Crippen LogP contribution in [0.2, 0.25) is 10.0 Å². The number of carbonyl (C=O) groups is 2. The molecule has 0 aromatic heterocycles. The van der Waals surface area contributed by atoms with E-state index in [0.717, 1.165) is 17.0 Å². The van der Waals surface area contributed by atoms with Crippen molar-refractivity contribution in [3.63, 3.8) is 0 Å². The molecular weight excluding hydrogens is 485 g/mol. The molecule has 2 aromatic carbocycles. The molecule has 2 amide bonds. The molecule has 0 heterocycles. The molecule has 2 atom stereocenters. The maximum absolute atomic E-state index is 13.4. The van der Waals surface area contributed by atoms with Crippen molar-refractivity contribution in [1.82, 2.24) is 10.2 Å². The molecule has 0 radical (unpaired) electrons. The quantitative estimate of drug-likeness (QED) is 0.518. The van der Waals surface area contributed by atoms with Gasteiger partial charge in [-0.15, -0.1) is 0 Å². The predicted octanol–water partition coefficient (Wildman–Crippen LogP) is 4.09. The van der Waals surface area contributed by atoms with Crippen LogP contribution in [0, 0.1) is 0 Å². The molecule has 33 heavy (non-hydrogen) atoms. The maximum atomic E-state index is 13.4. The van der Waals surface area contributed by atoms with E-state index in [9.17, 15) is 18.0 Å². The molecular formula is C23H29Cl2N3O4S. The Labute approximate surface area is 205 Å². The van der Waals surface area contributed by atoms with E-state index < -0.39 is 28.5 Å². The molecule has 1 N–H and O–H groups in total. The monoisotopic (exact) mass is 513 g/mol. The van der Waals surface area contributed by atoms with Crippen molar-refractivity contribution in [2.75, 3.05) is 17.1 Å². The smallest absolute Gasteiger partial charge is 0.244 e. The first-order chi connectivity index (χ1) is 15.4. The number of sulfonamides is 1. The minimum Gasteiger partial charge on any atom is -0.352 e. The van der Waals surface area contributed by atoms with Gasteiger partial charge in [0.2, 0.25) is 21.8 Å². The first-order valence-corrected chi connectivity index (χ1v) is 13.1. The standard InChI is InChI=1S/C23H29Cl2N3O4S/c1-5-16(2)26-23(30)17(3)27(14-18-11-12-20(24)21(25)13-18)22(29)15-28(33(4,31)32)19-9-7-6-8-10-19/h6-13,16-17H,5,14-15H2,1-4H3,(H,26,30)/t16-,17-/m0/s1. The Bertz CT molecular complexity index is 1080. The van der Waals surface area contributed by atoms with Crippen LogP contribution >= 0.6 is 23.2 Å². The lowest BCUT2D eigenvalue weighted by Gasteiger charge is -2.32. The number of anilines is 1. The highest BCUT2D eigenvalue weighted by atomic mass is 35.5. The van der Waals surface area contributed by atoms with Gasteiger partial charge in [0.15, 0.2) is 0 Å². The van der Waals surface area contributed by atoms with Crippen LogP contribution in [0.5, 0.6) is 0 Å². The lowest BCUT2D eigenvalue weighted by atomic mass is 10.1. The molecule has 0 aliphatic carbocycles. The van der Waals surface area contributed by atoms with Crippen molar-refractivity contribution in [3.8, 4) is 0 Å². The third-order valence-corrected chi connectivity index (χ3v) is 7.11. The third-order valence-electron chi connectivity index (χ3n) is 5.23. The molecule has 0 bridgehead atoms. The molecule has 2 aromatic rings. The average Bonchev–Trinajstić information content (AvgIpc) is 2.77. The minimum absolute atomic E-state index is 0.0528. The summed E-state index contributed by atoms with van der Waals surface area (Å²) in [6.07, 6.45) is 1.77. The molecule has 0 aliphatic heterocycles. The fraction of sp³-hybridized carbons (Fsp3) is 0.391. The summed E-state index contributed by atoms with van der Waals surface area (Å²) in [6, 6.07) is 12.4. The van der Waals surface area contributed by atoms with Gasteiger partial charge in [0, 0.05) is 12.6 Å². The van der Waals surface area contributed by atoms with Crippen molar-refractivity contribution in [3.05, 3.63) is 64.1 Å². The second kappa shape index (κ2) is 11.7. The fourth-order valence-corrected chi connectivity index (χ4v) is 4.26. The maximum Gasteiger partial charge on any atom is 0.244 e. The minimum atomic E-state index is -3.75. The Hall–Kier alpha value is -2.29. The second-order valence-electron chi connectivity index (χ2n) is 7.87. The van der Waals surface area contributed by atoms with Crippen LogP contribution in [0.1, 0.15) is 32.8 Å². The van der Waals surface area contributed by atoms with Gasteiger partial charge >= 0.3 is 0 Å². The summed E-state index contributed by atoms with van der Waals surface area (Å²) in [5.41, 5.74) is 1.02. The number of hydrogen-bond donors (Lipinski definition) is 1. The van der Waals surface area contributed by atoms with Gasteiger partial charge in [0.1, 0.15) is 12.6 Å². The van der Waals surface area contributed by atoms with Crippen LogP contribution in [-0.2, 0) is 26.2 Å².